The molecule has 4 aromatic rings. The lowest BCUT2D eigenvalue weighted by molar-refractivity contribution is 0.0459. The van der Waals surface area contributed by atoms with Gasteiger partial charge in [0.1, 0.15) is 5.65 Å². The van der Waals surface area contributed by atoms with Crippen molar-refractivity contribution in [2.24, 2.45) is 11.1 Å². The molecule has 0 aliphatic heterocycles. The van der Waals surface area contributed by atoms with E-state index in [0.29, 0.717) is 18.2 Å². The molecule has 0 saturated heterocycles. The van der Waals surface area contributed by atoms with Gasteiger partial charge in [0.25, 0.3) is 0 Å². The molecule has 1 aromatic carbocycles. The Morgan fingerprint density at radius 3 is 2.31 bits per heavy atom. The van der Waals surface area contributed by atoms with Crippen molar-refractivity contribution in [3.63, 3.8) is 0 Å². The lowest BCUT2D eigenvalue weighted by atomic mass is 9.65. The van der Waals surface area contributed by atoms with Crippen molar-refractivity contribution >= 4 is 22.8 Å². The van der Waals surface area contributed by atoms with Crippen molar-refractivity contribution in [1.29, 1.82) is 0 Å². The zero-order valence-corrected chi connectivity index (χ0v) is 21.1. The van der Waals surface area contributed by atoms with E-state index in [-0.39, 0.29) is 11.0 Å². The van der Waals surface area contributed by atoms with E-state index in [1.807, 2.05) is 29.0 Å². The van der Waals surface area contributed by atoms with E-state index in [2.05, 4.69) is 71.2 Å². The van der Waals surface area contributed by atoms with Gasteiger partial charge in [-0.15, -0.1) is 0 Å². The fourth-order valence-electron chi connectivity index (χ4n) is 5.55. The number of anilines is 1. The molecular formula is C28H33N7O. The number of fused-ring (bicyclic) bond motifs is 1. The topological polar surface area (TPSA) is 93.2 Å². The molecule has 8 heteroatoms. The number of pyridine rings is 1. The second-order valence-corrected chi connectivity index (χ2v) is 10.4. The summed E-state index contributed by atoms with van der Waals surface area (Å²) in [7, 11) is 4.32. The summed E-state index contributed by atoms with van der Waals surface area (Å²) in [6.07, 6.45) is 10.9. The number of primary amides is 1. The highest BCUT2D eigenvalue weighted by molar-refractivity contribution is 5.90. The Morgan fingerprint density at radius 2 is 1.67 bits per heavy atom. The summed E-state index contributed by atoms with van der Waals surface area (Å²) in [5.74, 6) is 0.499. The first-order valence-electron chi connectivity index (χ1n) is 12.4. The summed E-state index contributed by atoms with van der Waals surface area (Å²) >= 11 is 0. The number of carbonyl (C=O) groups is 1. The predicted molar refractivity (Wildman–Crippen MR) is 142 cm³/mol. The number of nitrogens with zero attached hydrogens (tertiary/aromatic N) is 6. The molecule has 2 amide bonds. The molecule has 36 heavy (non-hydrogen) atoms. The van der Waals surface area contributed by atoms with E-state index < -0.39 is 6.03 Å². The average Bonchev–Trinajstić information content (AvgIpc) is 3.33. The van der Waals surface area contributed by atoms with E-state index in [1.165, 1.54) is 5.56 Å². The van der Waals surface area contributed by atoms with Crippen LogP contribution in [0.25, 0.3) is 17.0 Å². The number of carbonyl (C=O) groups excluding carboxylic acids is 1. The fraction of sp³-hybridized carbons (Fsp3) is 0.357. The van der Waals surface area contributed by atoms with Crippen molar-refractivity contribution in [3.8, 4) is 5.95 Å². The van der Waals surface area contributed by atoms with Crippen molar-refractivity contribution in [2.45, 2.75) is 38.1 Å². The van der Waals surface area contributed by atoms with Crippen molar-refractivity contribution in [1.82, 2.24) is 24.4 Å². The first kappa shape index (κ1) is 23.9. The van der Waals surface area contributed by atoms with Gasteiger partial charge in [-0.1, -0.05) is 37.3 Å². The Bertz CT molecular complexity index is 1340. The number of rotatable bonds is 6. The van der Waals surface area contributed by atoms with Crippen molar-refractivity contribution < 1.29 is 4.79 Å². The third kappa shape index (κ3) is 4.33. The SMILES string of the molecule is CN(C)C1(c2ccccc2)CCC(C)(CN(C(N)=O)c2cnc(-n3ccc4cccnc43)nc2)CC1. The zero-order chi connectivity index (χ0) is 25.3. The summed E-state index contributed by atoms with van der Waals surface area (Å²) < 4.78 is 1.83. The first-order chi connectivity index (χ1) is 17.3. The molecule has 0 atom stereocenters. The van der Waals surface area contributed by atoms with E-state index in [0.717, 1.165) is 36.7 Å². The molecule has 2 N–H and O–H groups in total. The number of aromatic nitrogens is 4. The highest BCUT2D eigenvalue weighted by Gasteiger charge is 2.44. The maximum atomic E-state index is 12.5. The quantitative estimate of drug-likeness (QED) is 0.428. The van der Waals surface area contributed by atoms with Gasteiger partial charge >= 0.3 is 6.03 Å². The van der Waals surface area contributed by atoms with Crippen LogP contribution >= 0.6 is 0 Å². The third-order valence-electron chi connectivity index (χ3n) is 7.86. The van der Waals surface area contributed by atoms with Gasteiger partial charge in [-0.3, -0.25) is 14.4 Å². The Hall–Kier alpha value is -3.78. The summed E-state index contributed by atoms with van der Waals surface area (Å²) in [6, 6.07) is 16.1. The first-order valence-corrected chi connectivity index (χ1v) is 12.4. The van der Waals surface area contributed by atoms with E-state index in [9.17, 15) is 4.79 Å². The molecule has 0 spiro atoms. The van der Waals surface area contributed by atoms with Gasteiger partial charge in [0.2, 0.25) is 5.95 Å². The van der Waals surface area contributed by atoms with Crippen LogP contribution in [-0.2, 0) is 5.54 Å². The van der Waals surface area contributed by atoms with Gasteiger partial charge in [-0.2, -0.15) is 0 Å². The van der Waals surface area contributed by atoms with Gasteiger partial charge in [0, 0.05) is 29.9 Å². The highest BCUT2D eigenvalue weighted by Crippen LogP contribution is 2.48. The summed E-state index contributed by atoms with van der Waals surface area (Å²) in [4.78, 5) is 30.0. The van der Waals surface area contributed by atoms with Crippen molar-refractivity contribution in [2.75, 3.05) is 25.5 Å². The van der Waals surface area contributed by atoms with Crippen LogP contribution in [0.4, 0.5) is 10.5 Å². The second-order valence-electron chi connectivity index (χ2n) is 10.4. The van der Waals surface area contributed by atoms with E-state index in [1.54, 1.807) is 23.5 Å². The van der Waals surface area contributed by atoms with Crippen molar-refractivity contribution in [3.05, 3.63) is 78.9 Å². The molecule has 1 saturated carbocycles. The second kappa shape index (κ2) is 9.35. The third-order valence-corrected chi connectivity index (χ3v) is 7.86. The van der Waals surface area contributed by atoms with Crippen LogP contribution in [-0.4, -0.2) is 51.1 Å². The number of nitrogens with two attached hydrogens (primary N) is 1. The highest BCUT2D eigenvalue weighted by atomic mass is 16.2. The molecule has 3 heterocycles. The maximum Gasteiger partial charge on any atom is 0.319 e. The molecule has 1 aliphatic carbocycles. The molecule has 0 unspecified atom stereocenters. The number of hydrogen-bond donors (Lipinski definition) is 1. The van der Waals surface area contributed by atoms with Gasteiger partial charge in [-0.05, 0) is 69.0 Å². The fourth-order valence-corrected chi connectivity index (χ4v) is 5.55. The van der Waals surface area contributed by atoms with Crippen LogP contribution in [0.2, 0.25) is 0 Å². The maximum absolute atomic E-state index is 12.5. The molecule has 186 valence electrons. The van der Waals surface area contributed by atoms with Gasteiger partial charge in [0.05, 0.1) is 18.1 Å². The van der Waals surface area contributed by atoms with Gasteiger partial charge < -0.3 is 5.73 Å². The number of urea groups is 1. The minimum absolute atomic E-state index is 0.00332. The lowest BCUT2D eigenvalue weighted by Crippen LogP contribution is -2.50. The summed E-state index contributed by atoms with van der Waals surface area (Å²) in [5.41, 5.74) is 8.52. The Balaban J connectivity index is 1.35. The number of hydrogen-bond acceptors (Lipinski definition) is 5. The Morgan fingerprint density at radius 1 is 0.972 bits per heavy atom. The van der Waals surface area contributed by atoms with Crippen LogP contribution in [0.3, 0.4) is 0 Å². The number of benzene rings is 1. The summed E-state index contributed by atoms with van der Waals surface area (Å²) in [6.45, 7) is 2.78. The average molecular weight is 484 g/mol. The molecule has 5 rings (SSSR count). The smallest absolute Gasteiger partial charge is 0.319 e. The molecule has 3 aromatic heterocycles. The molecule has 0 radical (unpaired) electrons. The van der Waals surface area contributed by atoms with Crippen LogP contribution in [0.15, 0.2) is 73.3 Å². The molecule has 0 bridgehead atoms. The number of amides is 2. The predicted octanol–water partition coefficient (Wildman–Crippen LogP) is 4.74. The van der Waals surface area contributed by atoms with Crippen LogP contribution in [0.1, 0.15) is 38.2 Å². The molecule has 1 aliphatic rings. The van der Waals surface area contributed by atoms with E-state index >= 15 is 0 Å². The Labute approximate surface area is 211 Å². The monoisotopic (exact) mass is 483 g/mol. The minimum Gasteiger partial charge on any atom is -0.351 e. The van der Waals surface area contributed by atoms with E-state index in [4.69, 9.17) is 5.73 Å². The molecular weight excluding hydrogens is 450 g/mol. The zero-order valence-electron chi connectivity index (χ0n) is 21.1. The van der Waals surface area contributed by atoms with Crippen LogP contribution in [0, 0.1) is 5.41 Å². The lowest BCUT2D eigenvalue weighted by Gasteiger charge is -2.50. The minimum atomic E-state index is -0.492. The van der Waals surface area contributed by atoms with Gasteiger partial charge in [-0.25, -0.2) is 19.7 Å². The molecule has 1 fully saturated rings. The standard InChI is InChI=1S/C28H33N7O/c1-27(12-14-28(15-13-27,33(2)3)22-9-5-4-6-10-22)20-35(25(29)36)23-18-31-26(32-19-23)34-17-11-21-8-7-16-30-24(21)34/h4-11,16-19H,12-15,20H2,1-3H3,(H2,29,36). The normalized spacial score (nSPS) is 22.1. The molecule has 8 nitrogen and oxygen atoms in total. The summed E-state index contributed by atoms with van der Waals surface area (Å²) in [5, 5.41) is 1.01. The van der Waals surface area contributed by atoms with Gasteiger partial charge in [0.15, 0.2) is 0 Å². The van der Waals surface area contributed by atoms with Crippen LogP contribution in [0.5, 0.6) is 0 Å². The van der Waals surface area contributed by atoms with Crippen LogP contribution < -0.4 is 10.6 Å². The largest absolute Gasteiger partial charge is 0.351 e. The Kier molecular flexibility index (Phi) is 6.22.